The maximum Gasteiger partial charge on any atom is 0.329 e. The lowest BCUT2D eigenvalue weighted by molar-refractivity contribution is -0.131. The zero-order valence-corrected chi connectivity index (χ0v) is 16.7. The number of anilines is 1. The highest BCUT2D eigenvalue weighted by molar-refractivity contribution is 8.05. The number of methoxy groups -OCH3 is 1. The van der Waals surface area contributed by atoms with Crippen LogP contribution in [0.15, 0.2) is 52.3 Å². The molecule has 0 fully saturated rings. The highest BCUT2D eigenvalue weighted by Crippen LogP contribution is 2.44. The minimum atomic E-state index is -1.05. The Labute approximate surface area is 170 Å². The number of hydrogen-bond acceptors (Lipinski definition) is 4. The molecule has 2 aromatic carbocycles. The lowest BCUT2D eigenvalue weighted by atomic mass is 10.2. The molecular weight excluding hydrogens is 413 g/mol. The van der Waals surface area contributed by atoms with Crippen LogP contribution in [0.25, 0.3) is 0 Å². The fraction of sp³-hybridized carbons (Fsp3) is 0.111. The summed E-state index contributed by atoms with van der Waals surface area (Å²) in [7, 11) is 1.58. The van der Waals surface area contributed by atoms with Crippen molar-refractivity contribution >= 4 is 63.8 Å². The molecule has 0 amide bonds. The van der Waals surface area contributed by atoms with E-state index in [0.717, 1.165) is 22.2 Å². The van der Waals surface area contributed by atoms with E-state index in [1.54, 1.807) is 19.2 Å². The third-order valence-corrected chi connectivity index (χ3v) is 6.10. The van der Waals surface area contributed by atoms with Crippen LogP contribution in [0.2, 0.25) is 10.0 Å². The zero-order chi connectivity index (χ0) is 18.8. The van der Waals surface area contributed by atoms with Gasteiger partial charge < -0.3 is 14.7 Å². The van der Waals surface area contributed by atoms with Gasteiger partial charge in [-0.3, -0.25) is 0 Å². The Morgan fingerprint density at radius 3 is 2.69 bits per heavy atom. The van der Waals surface area contributed by atoms with E-state index in [9.17, 15) is 4.79 Å². The molecule has 3 rings (SSSR count). The van der Waals surface area contributed by atoms with Gasteiger partial charge in [0.15, 0.2) is 0 Å². The molecule has 1 heterocycles. The van der Waals surface area contributed by atoms with Crippen molar-refractivity contribution in [3.05, 3.63) is 63.0 Å². The average molecular weight is 426 g/mol. The van der Waals surface area contributed by atoms with Gasteiger partial charge in [0.1, 0.15) is 10.7 Å². The highest BCUT2D eigenvalue weighted by atomic mass is 35.5. The molecule has 0 unspecified atom stereocenters. The number of rotatable bonds is 4. The van der Waals surface area contributed by atoms with Crippen molar-refractivity contribution in [1.29, 1.82) is 0 Å². The SMILES string of the molecule is COc1ccc2c(c1)S/C(=C\C(=O)O)C(=S)N2Cc1ccc(Cl)c(Cl)c1. The van der Waals surface area contributed by atoms with E-state index in [1.165, 1.54) is 11.8 Å². The smallest absolute Gasteiger partial charge is 0.329 e. The van der Waals surface area contributed by atoms with Gasteiger partial charge in [-0.2, -0.15) is 0 Å². The molecule has 8 heteroatoms. The molecule has 0 radical (unpaired) electrons. The van der Waals surface area contributed by atoms with Crippen LogP contribution in [-0.4, -0.2) is 23.2 Å². The third kappa shape index (κ3) is 3.99. The van der Waals surface area contributed by atoms with E-state index in [1.807, 2.05) is 29.2 Å². The summed E-state index contributed by atoms with van der Waals surface area (Å²) >= 11 is 19.0. The maximum atomic E-state index is 11.2. The number of thiocarbonyl (C=S) groups is 1. The predicted molar refractivity (Wildman–Crippen MR) is 110 cm³/mol. The fourth-order valence-electron chi connectivity index (χ4n) is 2.51. The molecule has 0 spiro atoms. The molecule has 0 saturated heterocycles. The largest absolute Gasteiger partial charge is 0.497 e. The second kappa shape index (κ2) is 7.88. The average Bonchev–Trinajstić information content (AvgIpc) is 2.60. The first-order valence-electron chi connectivity index (χ1n) is 7.45. The normalized spacial score (nSPS) is 15.1. The molecular formula is C18H13Cl2NO3S2. The summed E-state index contributed by atoms with van der Waals surface area (Å²) in [5, 5.41) is 10.1. The fourth-order valence-corrected chi connectivity index (χ4v) is 4.23. The standard InChI is InChI=1S/C18H13Cl2NO3S2/c1-24-11-3-5-14-15(7-11)26-16(8-17(22)23)18(25)21(14)9-10-2-4-12(19)13(20)6-10/h2-8H,9H2,1H3,(H,22,23)/b16-8-. The van der Waals surface area contributed by atoms with Crippen LogP contribution in [0.4, 0.5) is 5.69 Å². The van der Waals surface area contributed by atoms with Crippen LogP contribution in [0.5, 0.6) is 5.75 Å². The van der Waals surface area contributed by atoms with Gasteiger partial charge in [-0.25, -0.2) is 4.79 Å². The number of ether oxygens (including phenoxy) is 1. The van der Waals surface area contributed by atoms with Crippen molar-refractivity contribution in [2.45, 2.75) is 11.4 Å². The van der Waals surface area contributed by atoms with Crippen LogP contribution in [0.1, 0.15) is 5.56 Å². The van der Waals surface area contributed by atoms with Gasteiger partial charge in [0.2, 0.25) is 0 Å². The molecule has 1 N–H and O–H groups in total. The number of carbonyl (C=O) groups is 1. The summed E-state index contributed by atoms with van der Waals surface area (Å²) in [4.78, 5) is 14.9. The number of carboxylic acid groups (broad SMARTS) is 1. The van der Waals surface area contributed by atoms with Gasteiger partial charge in [0.05, 0.1) is 27.7 Å². The Morgan fingerprint density at radius 2 is 2.04 bits per heavy atom. The first-order valence-corrected chi connectivity index (χ1v) is 9.43. The van der Waals surface area contributed by atoms with Gasteiger partial charge in [-0.15, -0.1) is 0 Å². The van der Waals surface area contributed by atoms with Gasteiger partial charge in [0.25, 0.3) is 0 Å². The van der Waals surface area contributed by atoms with Crippen LogP contribution in [-0.2, 0) is 11.3 Å². The molecule has 26 heavy (non-hydrogen) atoms. The van der Waals surface area contributed by atoms with Gasteiger partial charge in [-0.05, 0) is 35.9 Å². The first-order chi connectivity index (χ1) is 12.4. The predicted octanol–water partition coefficient (Wildman–Crippen LogP) is 5.41. The van der Waals surface area contributed by atoms with Crippen molar-refractivity contribution < 1.29 is 14.6 Å². The lowest BCUT2D eigenvalue weighted by Crippen LogP contribution is -2.32. The Morgan fingerprint density at radius 1 is 1.27 bits per heavy atom. The molecule has 0 aromatic heterocycles. The van der Waals surface area contributed by atoms with Gasteiger partial charge in [0, 0.05) is 17.5 Å². The molecule has 0 bridgehead atoms. The molecule has 0 atom stereocenters. The zero-order valence-electron chi connectivity index (χ0n) is 13.5. The minimum Gasteiger partial charge on any atom is -0.497 e. The molecule has 0 aliphatic carbocycles. The number of fused-ring (bicyclic) bond motifs is 1. The van der Waals surface area contributed by atoms with Crippen molar-refractivity contribution in [2.75, 3.05) is 12.0 Å². The number of carboxylic acids is 1. The van der Waals surface area contributed by atoms with Gasteiger partial charge in [-0.1, -0.05) is 53.2 Å². The van der Waals surface area contributed by atoms with E-state index >= 15 is 0 Å². The minimum absolute atomic E-state index is 0.437. The summed E-state index contributed by atoms with van der Waals surface area (Å²) in [6.45, 7) is 0.437. The number of aliphatic carboxylic acids is 1. The van der Waals surface area contributed by atoms with Gasteiger partial charge >= 0.3 is 5.97 Å². The summed E-state index contributed by atoms with van der Waals surface area (Å²) in [5.74, 6) is -0.357. The summed E-state index contributed by atoms with van der Waals surface area (Å²) in [6.07, 6.45) is 1.12. The Kier molecular flexibility index (Phi) is 5.77. The number of thioether (sulfide) groups is 1. The summed E-state index contributed by atoms with van der Waals surface area (Å²) in [5.41, 5.74) is 1.79. The van der Waals surface area contributed by atoms with Crippen molar-refractivity contribution in [1.82, 2.24) is 0 Å². The second-order valence-electron chi connectivity index (χ2n) is 5.42. The number of halogens is 2. The van der Waals surface area contributed by atoms with Crippen LogP contribution >= 0.6 is 47.2 Å². The van der Waals surface area contributed by atoms with Crippen molar-refractivity contribution in [3.8, 4) is 5.75 Å². The third-order valence-electron chi connectivity index (χ3n) is 3.71. The van der Waals surface area contributed by atoms with Crippen molar-refractivity contribution in [3.63, 3.8) is 0 Å². The van der Waals surface area contributed by atoms with E-state index < -0.39 is 5.97 Å². The monoisotopic (exact) mass is 425 g/mol. The Bertz CT molecular complexity index is 931. The van der Waals surface area contributed by atoms with Crippen LogP contribution in [0, 0.1) is 0 Å². The Hall–Kier alpha value is -1.73. The number of hydrogen-bond donors (Lipinski definition) is 1. The Balaban J connectivity index is 2.05. The summed E-state index contributed by atoms with van der Waals surface area (Å²) in [6, 6.07) is 11.0. The molecule has 2 aromatic rings. The van der Waals surface area contributed by atoms with E-state index in [0.29, 0.717) is 32.2 Å². The maximum absolute atomic E-state index is 11.2. The van der Waals surface area contributed by atoms with Crippen molar-refractivity contribution in [2.24, 2.45) is 0 Å². The first kappa shape index (κ1) is 19.0. The topological polar surface area (TPSA) is 49.8 Å². The molecule has 1 aliphatic rings. The van der Waals surface area contributed by atoms with Crippen LogP contribution in [0.3, 0.4) is 0 Å². The van der Waals surface area contributed by atoms with E-state index in [4.69, 9.17) is 45.3 Å². The number of benzene rings is 2. The molecule has 0 saturated carbocycles. The summed E-state index contributed by atoms with van der Waals surface area (Å²) < 4.78 is 5.27. The molecule has 4 nitrogen and oxygen atoms in total. The highest BCUT2D eigenvalue weighted by Gasteiger charge is 2.27. The second-order valence-corrected chi connectivity index (χ2v) is 7.71. The molecule has 134 valence electrons. The lowest BCUT2D eigenvalue weighted by Gasteiger charge is -2.33. The number of nitrogens with zero attached hydrogens (tertiary/aromatic N) is 1. The quantitative estimate of drug-likeness (QED) is 0.521. The van der Waals surface area contributed by atoms with Crippen LogP contribution < -0.4 is 9.64 Å². The van der Waals surface area contributed by atoms with E-state index in [-0.39, 0.29) is 0 Å². The molecule has 1 aliphatic heterocycles. The van der Waals surface area contributed by atoms with E-state index in [2.05, 4.69) is 0 Å².